The lowest BCUT2D eigenvalue weighted by Gasteiger charge is -2.13. The van der Waals surface area contributed by atoms with E-state index >= 15 is 0 Å². The van der Waals surface area contributed by atoms with Gasteiger partial charge in [0.25, 0.3) is 15.9 Å². The third kappa shape index (κ3) is 5.60. The number of carbonyl (C=O) groups excluding carboxylic acids is 3. The number of hydrogen-bond acceptors (Lipinski definition) is 6. The number of hydrogen-bond donors (Lipinski definition) is 2. The highest BCUT2D eigenvalue weighted by Gasteiger charge is 2.27. The molecule has 1 saturated heterocycles. The quantitative estimate of drug-likeness (QED) is 0.448. The predicted molar refractivity (Wildman–Crippen MR) is 113 cm³/mol. The van der Waals surface area contributed by atoms with Crippen LogP contribution in [0.2, 0.25) is 0 Å². The Morgan fingerprint density at radius 3 is 2.19 bits per heavy atom. The van der Waals surface area contributed by atoms with Crippen LogP contribution in [0.1, 0.15) is 29.6 Å². The topological polar surface area (TPSA) is 122 Å². The first-order chi connectivity index (χ1) is 14.8. The van der Waals surface area contributed by atoms with Gasteiger partial charge in [-0.25, -0.2) is 8.42 Å². The molecule has 0 aromatic heterocycles. The second-order valence-corrected chi connectivity index (χ2v) is 8.59. The summed E-state index contributed by atoms with van der Waals surface area (Å²) in [5.74, 6) is -0.129. The summed E-state index contributed by atoms with van der Waals surface area (Å²) in [7, 11) is -2.29. The number of benzene rings is 2. The number of anilines is 1. The zero-order valence-corrected chi connectivity index (χ0v) is 17.8. The van der Waals surface area contributed by atoms with E-state index in [1.807, 2.05) is 0 Å². The van der Waals surface area contributed by atoms with Crippen LogP contribution in [-0.2, 0) is 19.6 Å². The number of ether oxygens (including phenoxy) is 1. The summed E-state index contributed by atoms with van der Waals surface area (Å²) in [6.07, 6.45) is 0.934. The molecule has 0 atom stereocenters. The number of methoxy groups -OCH3 is 1. The van der Waals surface area contributed by atoms with Crippen LogP contribution >= 0.6 is 0 Å². The highest BCUT2D eigenvalue weighted by molar-refractivity contribution is 7.92. The summed E-state index contributed by atoms with van der Waals surface area (Å²) in [6.45, 7) is 0.557. The van der Waals surface area contributed by atoms with Gasteiger partial charge in [-0.15, -0.1) is 0 Å². The molecule has 1 aliphatic heterocycles. The number of nitrogens with one attached hydrogen (secondary N) is 2. The molecule has 3 rings (SSSR count). The van der Waals surface area contributed by atoms with Gasteiger partial charge in [0, 0.05) is 37.2 Å². The van der Waals surface area contributed by atoms with Gasteiger partial charge in [0.1, 0.15) is 5.75 Å². The molecule has 0 radical (unpaired) electrons. The van der Waals surface area contributed by atoms with Crippen molar-refractivity contribution in [2.75, 3.05) is 24.9 Å². The van der Waals surface area contributed by atoms with Gasteiger partial charge in [-0.2, -0.15) is 0 Å². The maximum atomic E-state index is 12.5. The molecule has 2 aromatic rings. The number of nitrogens with zero attached hydrogens (tertiary/aromatic N) is 1. The monoisotopic (exact) mass is 445 g/mol. The smallest absolute Gasteiger partial charge is 0.261 e. The van der Waals surface area contributed by atoms with Crippen molar-refractivity contribution < 1.29 is 27.5 Å². The van der Waals surface area contributed by atoms with Gasteiger partial charge < -0.3 is 10.1 Å². The Morgan fingerprint density at radius 1 is 1.00 bits per heavy atom. The number of amides is 3. The van der Waals surface area contributed by atoms with Crippen LogP contribution < -0.4 is 14.8 Å². The minimum atomic E-state index is -3.81. The molecule has 1 heterocycles. The predicted octanol–water partition coefficient (Wildman–Crippen LogP) is 1.76. The molecular formula is C21H23N3O6S. The summed E-state index contributed by atoms with van der Waals surface area (Å²) < 4.78 is 32.6. The standard InChI is InChI=1S/C21H23N3O6S/c1-30-17-7-5-16(6-8-17)23-31(28,29)18-9-3-15(4-10-18)21(27)22-13-2-14-24-19(25)11-12-20(24)26/h3-10,23H,2,11-14H2,1H3,(H,22,27). The van der Waals surface area contributed by atoms with Crippen molar-refractivity contribution in [1.29, 1.82) is 0 Å². The molecule has 0 bridgehead atoms. The van der Waals surface area contributed by atoms with Gasteiger partial charge in [0.15, 0.2) is 0 Å². The number of carbonyl (C=O) groups is 3. The molecule has 164 valence electrons. The number of imide groups is 1. The molecule has 0 aliphatic carbocycles. The highest BCUT2D eigenvalue weighted by atomic mass is 32.2. The largest absolute Gasteiger partial charge is 0.497 e. The molecule has 2 N–H and O–H groups in total. The minimum Gasteiger partial charge on any atom is -0.497 e. The van der Waals surface area contributed by atoms with Crippen LogP contribution in [0.5, 0.6) is 5.75 Å². The van der Waals surface area contributed by atoms with Gasteiger partial charge in [0.05, 0.1) is 12.0 Å². The van der Waals surface area contributed by atoms with Crippen molar-refractivity contribution in [2.45, 2.75) is 24.2 Å². The minimum absolute atomic E-state index is 0.0194. The first kappa shape index (κ1) is 22.3. The Hall–Kier alpha value is -3.40. The van der Waals surface area contributed by atoms with Gasteiger partial charge >= 0.3 is 0 Å². The summed E-state index contributed by atoms with van der Waals surface area (Å²) in [5.41, 5.74) is 0.689. The molecule has 9 nitrogen and oxygen atoms in total. The van der Waals surface area contributed by atoms with E-state index in [4.69, 9.17) is 4.74 Å². The number of likely N-dealkylation sites (tertiary alicyclic amines) is 1. The fourth-order valence-electron chi connectivity index (χ4n) is 3.07. The van der Waals surface area contributed by atoms with E-state index < -0.39 is 10.0 Å². The van der Waals surface area contributed by atoms with Crippen LogP contribution in [0.15, 0.2) is 53.4 Å². The zero-order valence-electron chi connectivity index (χ0n) is 17.0. The SMILES string of the molecule is COc1ccc(NS(=O)(=O)c2ccc(C(=O)NCCCN3C(=O)CCC3=O)cc2)cc1. The van der Waals surface area contributed by atoms with Crippen LogP contribution in [0.3, 0.4) is 0 Å². The van der Waals surface area contributed by atoms with Gasteiger partial charge in [-0.1, -0.05) is 0 Å². The lowest BCUT2D eigenvalue weighted by Crippen LogP contribution is -2.33. The molecule has 0 saturated carbocycles. The fraction of sp³-hybridized carbons (Fsp3) is 0.286. The van der Waals surface area contributed by atoms with Crippen LogP contribution in [0.4, 0.5) is 5.69 Å². The average Bonchev–Trinajstić information content (AvgIpc) is 3.09. The molecule has 0 unspecified atom stereocenters. The van der Waals surface area contributed by atoms with Crippen LogP contribution in [0, 0.1) is 0 Å². The Kier molecular flexibility index (Phi) is 6.91. The fourth-order valence-corrected chi connectivity index (χ4v) is 4.13. The van der Waals surface area contributed by atoms with E-state index in [2.05, 4.69) is 10.0 Å². The van der Waals surface area contributed by atoms with Gasteiger partial charge in [-0.3, -0.25) is 24.0 Å². The average molecular weight is 445 g/mol. The Labute approximate surface area is 180 Å². The lowest BCUT2D eigenvalue weighted by atomic mass is 10.2. The number of sulfonamides is 1. The molecule has 1 aliphatic rings. The van der Waals surface area contributed by atoms with Crippen molar-refractivity contribution in [3.05, 3.63) is 54.1 Å². The Balaban J connectivity index is 1.52. The van der Waals surface area contributed by atoms with E-state index in [0.29, 0.717) is 23.4 Å². The summed E-state index contributed by atoms with van der Waals surface area (Å²) >= 11 is 0. The first-order valence-corrected chi connectivity index (χ1v) is 11.2. The summed E-state index contributed by atoms with van der Waals surface area (Å²) in [4.78, 5) is 36.6. The highest BCUT2D eigenvalue weighted by Crippen LogP contribution is 2.19. The van der Waals surface area contributed by atoms with Crippen molar-refractivity contribution in [3.63, 3.8) is 0 Å². The molecule has 0 spiro atoms. The Morgan fingerprint density at radius 2 is 1.61 bits per heavy atom. The number of rotatable bonds is 9. The van der Waals surface area contributed by atoms with Crippen molar-refractivity contribution in [1.82, 2.24) is 10.2 Å². The van der Waals surface area contributed by atoms with Crippen LogP contribution in [-0.4, -0.2) is 51.2 Å². The van der Waals surface area contributed by atoms with E-state index in [1.54, 1.807) is 24.3 Å². The van der Waals surface area contributed by atoms with Gasteiger partial charge in [0.2, 0.25) is 11.8 Å². The molecule has 2 aromatic carbocycles. The molecular weight excluding hydrogens is 422 g/mol. The zero-order chi connectivity index (χ0) is 22.4. The second kappa shape index (κ2) is 9.61. The van der Waals surface area contributed by atoms with Crippen LogP contribution in [0.25, 0.3) is 0 Å². The molecule has 1 fully saturated rings. The van der Waals surface area contributed by atoms with E-state index in [0.717, 1.165) is 0 Å². The third-order valence-electron chi connectivity index (χ3n) is 4.77. The van der Waals surface area contributed by atoms with Gasteiger partial charge in [-0.05, 0) is 55.0 Å². The third-order valence-corrected chi connectivity index (χ3v) is 6.17. The normalized spacial score (nSPS) is 13.9. The summed E-state index contributed by atoms with van der Waals surface area (Å²) in [6, 6.07) is 12.0. The van der Waals surface area contributed by atoms with E-state index in [9.17, 15) is 22.8 Å². The maximum absolute atomic E-state index is 12.5. The molecule has 10 heteroatoms. The molecule has 31 heavy (non-hydrogen) atoms. The Bertz CT molecular complexity index is 1050. The lowest BCUT2D eigenvalue weighted by molar-refractivity contribution is -0.138. The van der Waals surface area contributed by atoms with Crippen molar-refractivity contribution in [2.24, 2.45) is 0 Å². The molecule has 3 amide bonds. The van der Waals surface area contributed by atoms with Crippen molar-refractivity contribution in [3.8, 4) is 5.75 Å². The van der Waals surface area contributed by atoms with E-state index in [-0.39, 0.29) is 48.5 Å². The van der Waals surface area contributed by atoms with E-state index in [1.165, 1.54) is 36.3 Å². The first-order valence-electron chi connectivity index (χ1n) is 9.68. The maximum Gasteiger partial charge on any atom is 0.261 e. The second-order valence-electron chi connectivity index (χ2n) is 6.91. The van der Waals surface area contributed by atoms with Crippen molar-refractivity contribution >= 4 is 33.4 Å². The summed E-state index contributed by atoms with van der Waals surface area (Å²) in [5, 5.41) is 2.70.